The van der Waals surface area contributed by atoms with E-state index in [2.05, 4.69) is 16.2 Å². The van der Waals surface area contributed by atoms with Gasteiger partial charge in [0.15, 0.2) is 0 Å². The minimum Gasteiger partial charge on any atom is -0.361 e. The minimum absolute atomic E-state index is 0.0502. The zero-order valence-electron chi connectivity index (χ0n) is 13.8. The topological polar surface area (TPSA) is 59.2 Å². The predicted molar refractivity (Wildman–Crippen MR) is 90.4 cm³/mol. The summed E-state index contributed by atoms with van der Waals surface area (Å²) in [5.41, 5.74) is 6.50. The lowest BCUT2D eigenvalue weighted by molar-refractivity contribution is 0.0817. The Bertz CT molecular complexity index is 925. The Morgan fingerprint density at radius 3 is 2.67 bits per heavy atom. The van der Waals surface area contributed by atoms with Crippen molar-refractivity contribution in [3.8, 4) is 22.3 Å². The number of carbonyl (C=O) groups is 1. The summed E-state index contributed by atoms with van der Waals surface area (Å²) in [5.74, 6) is 0.830. The number of carbonyl (C=O) groups excluding carboxylic acids is 1. The fourth-order valence-corrected chi connectivity index (χ4v) is 3.39. The van der Waals surface area contributed by atoms with Crippen LogP contribution in [-0.2, 0) is 6.54 Å². The van der Waals surface area contributed by atoms with Gasteiger partial charge in [-0.3, -0.25) is 9.78 Å². The van der Waals surface area contributed by atoms with Crippen molar-refractivity contribution >= 4 is 5.91 Å². The van der Waals surface area contributed by atoms with Gasteiger partial charge < -0.3 is 9.42 Å². The molecule has 3 heterocycles. The fraction of sp³-hybridized carbons (Fsp3) is 0.211. The Hall–Kier alpha value is -2.95. The molecule has 0 saturated carbocycles. The summed E-state index contributed by atoms with van der Waals surface area (Å²) in [6, 6.07) is 7.97. The first-order chi connectivity index (χ1) is 11.6. The molecule has 0 atom stereocenters. The molecule has 2 aromatic heterocycles. The number of benzene rings is 1. The highest BCUT2D eigenvalue weighted by Gasteiger charge is 2.29. The van der Waals surface area contributed by atoms with Gasteiger partial charge in [-0.15, -0.1) is 0 Å². The van der Waals surface area contributed by atoms with Crippen molar-refractivity contribution in [3.63, 3.8) is 0 Å². The lowest BCUT2D eigenvalue weighted by Crippen LogP contribution is -2.17. The van der Waals surface area contributed by atoms with E-state index in [0.717, 1.165) is 44.8 Å². The van der Waals surface area contributed by atoms with E-state index < -0.39 is 0 Å². The SMILES string of the molecule is Cc1noc(C)c1-c1cc2c(c(-c3cccnc3)c1)C(=O)N(C)C2. The highest BCUT2D eigenvalue weighted by atomic mass is 16.5. The average molecular weight is 319 g/mol. The molecule has 0 unspecified atom stereocenters. The van der Waals surface area contributed by atoms with E-state index in [-0.39, 0.29) is 5.91 Å². The van der Waals surface area contributed by atoms with Gasteiger partial charge in [0.2, 0.25) is 0 Å². The van der Waals surface area contributed by atoms with Crippen LogP contribution in [0.1, 0.15) is 27.4 Å². The molecule has 3 aromatic rings. The second kappa shape index (κ2) is 5.30. The molecule has 0 bridgehead atoms. The minimum atomic E-state index is 0.0502. The third-order valence-corrected chi connectivity index (χ3v) is 4.48. The van der Waals surface area contributed by atoms with E-state index in [4.69, 9.17) is 4.52 Å². The highest BCUT2D eigenvalue weighted by molar-refractivity contribution is 6.05. The van der Waals surface area contributed by atoms with E-state index in [1.165, 1.54) is 0 Å². The molecule has 24 heavy (non-hydrogen) atoms. The van der Waals surface area contributed by atoms with E-state index in [0.29, 0.717) is 6.54 Å². The molecule has 0 spiro atoms. The van der Waals surface area contributed by atoms with Gasteiger partial charge in [0.05, 0.1) is 11.3 Å². The summed E-state index contributed by atoms with van der Waals surface area (Å²) in [6.45, 7) is 4.45. The molecule has 1 aliphatic heterocycles. The van der Waals surface area contributed by atoms with Gasteiger partial charge in [0.1, 0.15) is 5.76 Å². The molecule has 5 heteroatoms. The largest absolute Gasteiger partial charge is 0.361 e. The smallest absolute Gasteiger partial charge is 0.254 e. The molecule has 0 radical (unpaired) electrons. The van der Waals surface area contributed by atoms with Crippen LogP contribution in [0.3, 0.4) is 0 Å². The van der Waals surface area contributed by atoms with Gasteiger partial charge in [-0.25, -0.2) is 0 Å². The first-order valence-electron chi connectivity index (χ1n) is 7.82. The van der Waals surface area contributed by atoms with Crippen molar-refractivity contribution in [1.82, 2.24) is 15.0 Å². The van der Waals surface area contributed by atoms with Gasteiger partial charge in [-0.05, 0) is 48.7 Å². The van der Waals surface area contributed by atoms with Crippen LogP contribution in [0.25, 0.3) is 22.3 Å². The number of hydrogen-bond acceptors (Lipinski definition) is 4. The molecule has 5 nitrogen and oxygen atoms in total. The number of pyridine rings is 1. The molecule has 0 aliphatic carbocycles. The Balaban J connectivity index is 2.01. The van der Waals surface area contributed by atoms with Crippen molar-refractivity contribution in [2.75, 3.05) is 7.05 Å². The lowest BCUT2D eigenvalue weighted by Gasteiger charge is -2.11. The Kier molecular flexibility index (Phi) is 3.23. The number of amides is 1. The molecule has 0 N–H and O–H groups in total. The Labute approximate surface area is 139 Å². The summed E-state index contributed by atoms with van der Waals surface area (Å²) in [5, 5.41) is 4.05. The van der Waals surface area contributed by atoms with Crippen LogP contribution in [0.4, 0.5) is 0 Å². The maximum atomic E-state index is 12.6. The molecule has 0 fully saturated rings. The van der Waals surface area contributed by atoms with Crippen molar-refractivity contribution in [2.24, 2.45) is 0 Å². The standard InChI is InChI=1S/C19H17N3O2/c1-11-17(12(2)24-21-11)14-7-15-10-22(3)19(23)18(15)16(8-14)13-5-4-6-20-9-13/h4-9H,10H2,1-3H3. The summed E-state index contributed by atoms with van der Waals surface area (Å²) < 4.78 is 5.32. The van der Waals surface area contributed by atoms with Gasteiger partial charge in [0.25, 0.3) is 5.91 Å². The van der Waals surface area contributed by atoms with Crippen LogP contribution in [0, 0.1) is 13.8 Å². The molecule has 0 saturated heterocycles. The van der Waals surface area contributed by atoms with Crippen molar-refractivity contribution < 1.29 is 9.32 Å². The predicted octanol–water partition coefficient (Wildman–Crippen LogP) is 3.61. The lowest BCUT2D eigenvalue weighted by atomic mass is 9.92. The van der Waals surface area contributed by atoms with Gasteiger partial charge >= 0.3 is 0 Å². The maximum absolute atomic E-state index is 12.6. The van der Waals surface area contributed by atoms with E-state index >= 15 is 0 Å². The van der Waals surface area contributed by atoms with Crippen molar-refractivity contribution in [3.05, 3.63) is 59.2 Å². The van der Waals surface area contributed by atoms with Gasteiger partial charge in [-0.1, -0.05) is 11.2 Å². The van der Waals surface area contributed by atoms with Crippen LogP contribution < -0.4 is 0 Å². The molecule has 120 valence electrons. The van der Waals surface area contributed by atoms with Gasteiger partial charge in [0, 0.05) is 37.1 Å². The summed E-state index contributed by atoms with van der Waals surface area (Å²) >= 11 is 0. The third-order valence-electron chi connectivity index (χ3n) is 4.48. The van der Waals surface area contributed by atoms with E-state index in [1.54, 1.807) is 17.3 Å². The van der Waals surface area contributed by atoms with Crippen LogP contribution >= 0.6 is 0 Å². The number of fused-ring (bicyclic) bond motifs is 1. The monoisotopic (exact) mass is 319 g/mol. The molecule has 1 aliphatic rings. The normalized spacial score (nSPS) is 13.5. The highest BCUT2D eigenvalue weighted by Crippen LogP contribution is 2.38. The zero-order valence-corrected chi connectivity index (χ0v) is 13.8. The molecule has 1 amide bonds. The van der Waals surface area contributed by atoms with Crippen LogP contribution in [0.15, 0.2) is 41.2 Å². The van der Waals surface area contributed by atoms with Gasteiger partial charge in [-0.2, -0.15) is 0 Å². The number of aryl methyl sites for hydroxylation is 2. The number of hydrogen-bond donors (Lipinski definition) is 0. The number of aromatic nitrogens is 2. The fourth-order valence-electron chi connectivity index (χ4n) is 3.39. The summed E-state index contributed by atoms with van der Waals surface area (Å²) in [4.78, 5) is 18.5. The summed E-state index contributed by atoms with van der Waals surface area (Å²) in [6.07, 6.45) is 3.52. The molecule has 4 rings (SSSR count). The van der Waals surface area contributed by atoms with E-state index in [1.807, 2.05) is 39.1 Å². The Morgan fingerprint density at radius 1 is 1.17 bits per heavy atom. The second-order valence-corrected chi connectivity index (χ2v) is 6.16. The molecule has 1 aromatic carbocycles. The second-order valence-electron chi connectivity index (χ2n) is 6.16. The average Bonchev–Trinajstić information content (AvgIpc) is 3.07. The number of rotatable bonds is 2. The van der Waals surface area contributed by atoms with Crippen molar-refractivity contribution in [2.45, 2.75) is 20.4 Å². The quantitative estimate of drug-likeness (QED) is 0.724. The van der Waals surface area contributed by atoms with Crippen LogP contribution in [0.5, 0.6) is 0 Å². The Morgan fingerprint density at radius 2 is 2.00 bits per heavy atom. The maximum Gasteiger partial charge on any atom is 0.254 e. The molecular weight excluding hydrogens is 302 g/mol. The zero-order chi connectivity index (χ0) is 16.8. The van der Waals surface area contributed by atoms with Crippen LogP contribution in [-0.4, -0.2) is 28.0 Å². The first kappa shape index (κ1) is 14.6. The first-order valence-corrected chi connectivity index (χ1v) is 7.82. The van der Waals surface area contributed by atoms with Crippen LogP contribution in [0.2, 0.25) is 0 Å². The van der Waals surface area contributed by atoms with Crippen molar-refractivity contribution in [1.29, 1.82) is 0 Å². The summed E-state index contributed by atoms with van der Waals surface area (Å²) in [7, 11) is 1.82. The molecular formula is C19H17N3O2. The van der Waals surface area contributed by atoms with E-state index in [9.17, 15) is 4.79 Å². The third kappa shape index (κ3) is 2.12. The number of nitrogens with zero attached hydrogens (tertiary/aromatic N) is 3.